The SMILES string of the molecule is CNCCOCCOCCOCCC(=O)NC(CCCCN=N)C(N)=O. The van der Waals surface area contributed by atoms with Crippen LogP contribution >= 0.6 is 0 Å². The van der Waals surface area contributed by atoms with Crippen molar-refractivity contribution >= 4 is 11.8 Å². The molecular weight excluding hydrogens is 342 g/mol. The molecule has 0 aromatic heterocycles. The first-order chi connectivity index (χ1) is 12.6. The third-order valence-electron chi connectivity index (χ3n) is 3.41. The molecular formula is C16H33N5O5. The van der Waals surface area contributed by atoms with Gasteiger partial charge in [-0.3, -0.25) is 9.59 Å². The van der Waals surface area contributed by atoms with Crippen molar-refractivity contribution in [1.82, 2.24) is 10.6 Å². The normalized spacial score (nSPS) is 11.9. The maximum absolute atomic E-state index is 11.8. The minimum absolute atomic E-state index is 0.152. The first kappa shape index (κ1) is 24.4. The van der Waals surface area contributed by atoms with Gasteiger partial charge in [0.2, 0.25) is 11.8 Å². The topological polar surface area (TPSA) is 148 Å². The van der Waals surface area contributed by atoms with Gasteiger partial charge >= 0.3 is 0 Å². The van der Waals surface area contributed by atoms with Crippen molar-refractivity contribution in [2.45, 2.75) is 31.7 Å². The first-order valence-corrected chi connectivity index (χ1v) is 8.91. The van der Waals surface area contributed by atoms with Crippen LogP contribution in [0.5, 0.6) is 0 Å². The van der Waals surface area contributed by atoms with Gasteiger partial charge in [-0.25, -0.2) is 5.53 Å². The Labute approximate surface area is 155 Å². The van der Waals surface area contributed by atoms with Gasteiger partial charge in [0, 0.05) is 13.0 Å². The summed E-state index contributed by atoms with van der Waals surface area (Å²) in [5.74, 6) is -0.842. The van der Waals surface area contributed by atoms with Crippen molar-refractivity contribution in [2.75, 3.05) is 59.8 Å². The average Bonchev–Trinajstić information content (AvgIpc) is 2.62. The van der Waals surface area contributed by atoms with E-state index in [-0.39, 0.29) is 18.9 Å². The molecule has 152 valence electrons. The highest BCUT2D eigenvalue weighted by atomic mass is 16.5. The van der Waals surface area contributed by atoms with Gasteiger partial charge in [0.1, 0.15) is 6.04 Å². The lowest BCUT2D eigenvalue weighted by atomic mass is 10.1. The molecule has 2 amide bonds. The minimum Gasteiger partial charge on any atom is -0.379 e. The number of rotatable bonds is 19. The maximum atomic E-state index is 11.8. The van der Waals surface area contributed by atoms with E-state index in [1.54, 1.807) is 0 Å². The Morgan fingerprint density at radius 1 is 1.04 bits per heavy atom. The van der Waals surface area contributed by atoms with Gasteiger partial charge < -0.3 is 30.6 Å². The van der Waals surface area contributed by atoms with Crippen LogP contribution < -0.4 is 16.4 Å². The van der Waals surface area contributed by atoms with Crippen LogP contribution in [0, 0.1) is 5.53 Å². The molecule has 1 unspecified atom stereocenters. The molecule has 0 aliphatic carbocycles. The molecule has 0 spiro atoms. The van der Waals surface area contributed by atoms with E-state index in [1.807, 2.05) is 7.05 Å². The standard InChI is InChI=1S/C16H33N5O5/c1-19-7-9-25-11-13-26-12-10-24-8-5-15(22)21-14(16(17)23)4-2-3-6-20-18/h14,18-19H,2-13H2,1H3,(H2,17,23)(H,21,22). The number of nitrogens with one attached hydrogen (secondary N) is 3. The van der Waals surface area contributed by atoms with E-state index in [2.05, 4.69) is 15.7 Å². The zero-order chi connectivity index (χ0) is 19.5. The Morgan fingerprint density at radius 2 is 1.65 bits per heavy atom. The predicted molar refractivity (Wildman–Crippen MR) is 96.0 cm³/mol. The molecule has 0 aromatic carbocycles. The van der Waals surface area contributed by atoms with E-state index in [4.69, 9.17) is 25.5 Å². The van der Waals surface area contributed by atoms with E-state index < -0.39 is 11.9 Å². The van der Waals surface area contributed by atoms with E-state index in [9.17, 15) is 9.59 Å². The summed E-state index contributed by atoms with van der Waals surface area (Å²) < 4.78 is 15.9. The third-order valence-corrected chi connectivity index (χ3v) is 3.41. The molecule has 0 aliphatic heterocycles. The van der Waals surface area contributed by atoms with Crippen LogP contribution in [0.2, 0.25) is 0 Å². The lowest BCUT2D eigenvalue weighted by molar-refractivity contribution is -0.128. The van der Waals surface area contributed by atoms with Crippen LogP contribution in [0.15, 0.2) is 5.11 Å². The van der Waals surface area contributed by atoms with E-state index in [1.165, 1.54) is 0 Å². The molecule has 0 rings (SSSR count). The summed E-state index contributed by atoms with van der Waals surface area (Å²) >= 11 is 0. The number of ether oxygens (including phenoxy) is 3. The summed E-state index contributed by atoms with van der Waals surface area (Å²) in [7, 11) is 1.86. The highest BCUT2D eigenvalue weighted by Gasteiger charge is 2.17. The number of amides is 2. The van der Waals surface area contributed by atoms with Gasteiger partial charge in [0.15, 0.2) is 0 Å². The molecule has 5 N–H and O–H groups in total. The van der Waals surface area contributed by atoms with Gasteiger partial charge in [-0.1, -0.05) is 0 Å². The van der Waals surface area contributed by atoms with Crippen LogP contribution in [-0.4, -0.2) is 77.6 Å². The number of primary amides is 1. The average molecular weight is 375 g/mol. The third kappa shape index (κ3) is 15.9. The fourth-order valence-corrected chi connectivity index (χ4v) is 1.97. The minimum atomic E-state index is -0.695. The molecule has 0 saturated carbocycles. The number of unbranched alkanes of at least 4 members (excludes halogenated alkanes) is 1. The van der Waals surface area contributed by atoms with Crippen molar-refractivity contribution in [2.24, 2.45) is 10.8 Å². The lowest BCUT2D eigenvalue weighted by Gasteiger charge is -2.15. The van der Waals surface area contributed by atoms with E-state index in [0.29, 0.717) is 58.8 Å². The second kappa shape index (κ2) is 18.2. The van der Waals surface area contributed by atoms with Gasteiger partial charge in [0.25, 0.3) is 0 Å². The smallest absolute Gasteiger partial charge is 0.239 e. The van der Waals surface area contributed by atoms with Crippen LogP contribution in [0.1, 0.15) is 25.7 Å². The van der Waals surface area contributed by atoms with Crippen molar-refractivity contribution in [3.63, 3.8) is 0 Å². The Hall–Kier alpha value is -1.62. The molecule has 0 radical (unpaired) electrons. The number of carbonyl (C=O) groups is 2. The fraction of sp³-hybridized carbons (Fsp3) is 0.875. The Bertz CT molecular complexity index is 384. The Kier molecular flexibility index (Phi) is 17.0. The number of hydrogen-bond donors (Lipinski definition) is 4. The van der Waals surface area contributed by atoms with Crippen LogP contribution in [0.25, 0.3) is 0 Å². The Morgan fingerprint density at radius 3 is 2.23 bits per heavy atom. The van der Waals surface area contributed by atoms with E-state index >= 15 is 0 Å². The van der Waals surface area contributed by atoms with Crippen molar-refractivity contribution in [1.29, 1.82) is 5.53 Å². The van der Waals surface area contributed by atoms with Gasteiger partial charge in [0.05, 0.1) is 46.2 Å². The summed E-state index contributed by atoms with van der Waals surface area (Å²) in [6.45, 7) is 3.98. The number of hydrogen-bond acceptors (Lipinski definition) is 8. The number of nitrogens with two attached hydrogens (primary N) is 1. The molecule has 0 aromatic rings. The lowest BCUT2D eigenvalue weighted by Crippen LogP contribution is -2.44. The number of likely N-dealkylation sites (N-methyl/N-ethyl adjacent to an activating group) is 1. The molecule has 1 atom stereocenters. The summed E-state index contributed by atoms with van der Waals surface area (Å²) in [6.07, 6.45) is 1.95. The highest BCUT2D eigenvalue weighted by Crippen LogP contribution is 2.02. The molecule has 0 bridgehead atoms. The number of nitrogens with zero attached hydrogens (tertiary/aromatic N) is 1. The molecule has 10 nitrogen and oxygen atoms in total. The zero-order valence-electron chi connectivity index (χ0n) is 15.6. The summed E-state index contributed by atoms with van der Waals surface area (Å²) in [5, 5.41) is 8.83. The van der Waals surface area contributed by atoms with Gasteiger partial charge in [-0.05, 0) is 26.3 Å². The van der Waals surface area contributed by atoms with Gasteiger partial charge in [-0.15, -0.1) is 0 Å². The second-order valence-corrected chi connectivity index (χ2v) is 5.59. The molecule has 10 heteroatoms. The molecule has 0 heterocycles. The molecule has 0 saturated heterocycles. The quantitative estimate of drug-likeness (QED) is 0.182. The van der Waals surface area contributed by atoms with Crippen molar-refractivity contribution in [3.8, 4) is 0 Å². The summed E-state index contributed by atoms with van der Waals surface area (Å²) in [6, 6.07) is -0.695. The van der Waals surface area contributed by atoms with E-state index in [0.717, 1.165) is 6.54 Å². The molecule has 0 aliphatic rings. The fourth-order valence-electron chi connectivity index (χ4n) is 1.97. The molecule has 26 heavy (non-hydrogen) atoms. The number of carbonyl (C=O) groups excluding carboxylic acids is 2. The Balaban J connectivity index is 3.58. The largest absolute Gasteiger partial charge is 0.379 e. The van der Waals surface area contributed by atoms with Gasteiger partial charge in [-0.2, -0.15) is 5.11 Å². The monoisotopic (exact) mass is 375 g/mol. The first-order valence-electron chi connectivity index (χ1n) is 8.91. The summed E-state index contributed by atoms with van der Waals surface area (Å²) in [5.41, 5.74) is 12.0. The van der Waals surface area contributed by atoms with Crippen molar-refractivity contribution in [3.05, 3.63) is 0 Å². The van der Waals surface area contributed by atoms with Crippen LogP contribution in [0.3, 0.4) is 0 Å². The summed E-state index contributed by atoms with van der Waals surface area (Å²) in [4.78, 5) is 23.2. The maximum Gasteiger partial charge on any atom is 0.239 e. The molecule has 0 fully saturated rings. The van der Waals surface area contributed by atoms with Crippen LogP contribution in [-0.2, 0) is 23.8 Å². The highest BCUT2D eigenvalue weighted by molar-refractivity contribution is 5.86. The van der Waals surface area contributed by atoms with Crippen molar-refractivity contribution < 1.29 is 23.8 Å². The van der Waals surface area contributed by atoms with Crippen LogP contribution in [0.4, 0.5) is 0 Å². The zero-order valence-corrected chi connectivity index (χ0v) is 15.6. The second-order valence-electron chi connectivity index (χ2n) is 5.59. The predicted octanol–water partition coefficient (Wildman–Crippen LogP) is -0.183.